The average Bonchev–Trinajstić information content (AvgIpc) is 2.20. The molecule has 0 atom stereocenters. The zero-order chi connectivity index (χ0) is 10.6. The highest BCUT2D eigenvalue weighted by molar-refractivity contribution is 5.81. The number of guanidine groups is 1. The van der Waals surface area contributed by atoms with Crippen LogP contribution in [0, 0.1) is 11.5 Å². The second-order valence-electron chi connectivity index (χ2n) is 2.84. The van der Waals surface area contributed by atoms with Crippen molar-refractivity contribution in [1.82, 2.24) is 10.6 Å². The van der Waals surface area contributed by atoms with E-state index in [1.54, 1.807) is 6.08 Å². The second-order valence-corrected chi connectivity index (χ2v) is 2.84. The van der Waals surface area contributed by atoms with E-state index in [-0.39, 0.29) is 0 Å². The fraction of sp³-hybridized carbons (Fsp3) is 0.600. The van der Waals surface area contributed by atoms with Crippen molar-refractivity contribution >= 4 is 5.96 Å². The standard InChI is InChI=1S/C10H18N4/c1-3-5-6-8-13-10(14-9-11)12-7-4-2/h4H,2-3,5-8H2,1H3,(H2,12,13,14). The lowest BCUT2D eigenvalue weighted by Gasteiger charge is -2.04. The zero-order valence-electron chi connectivity index (χ0n) is 8.71. The van der Waals surface area contributed by atoms with Crippen LogP contribution in [0.1, 0.15) is 26.2 Å². The van der Waals surface area contributed by atoms with Crippen molar-refractivity contribution < 1.29 is 0 Å². The summed E-state index contributed by atoms with van der Waals surface area (Å²) < 4.78 is 0. The van der Waals surface area contributed by atoms with Crippen LogP contribution in [-0.4, -0.2) is 19.0 Å². The molecule has 0 aromatic heterocycles. The van der Waals surface area contributed by atoms with Crippen LogP contribution in [-0.2, 0) is 0 Å². The zero-order valence-corrected chi connectivity index (χ0v) is 8.71. The molecule has 0 radical (unpaired) electrons. The molecular weight excluding hydrogens is 176 g/mol. The summed E-state index contributed by atoms with van der Waals surface area (Å²) in [7, 11) is 0. The lowest BCUT2D eigenvalue weighted by atomic mass is 10.2. The number of nitrogens with one attached hydrogen (secondary N) is 2. The lowest BCUT2D eigenvalue weighted by molar-refractivity contribution is 0.723. The summed E-state index contributed by atoms with van der Waals surface area (Å²) in [5.41, 5.74) is 0. The molecular formula is C10H18N4. The Hall–Kier alpha value is -1.50. The molecule has 0 bridgehead atoms. The van der Waals surface area contributed by atoms with Gasteiger partial charge in [-0.25, -0.2) is 0 Å². The molecule has 0 unspecified atom stereocenters. The van der Waals surface area contributed by atoms with Crippen LogP contribution in [0.5, 0.6) is 0 Å². The van der Waals surface area contributed by atoms with E-state index in [4.69, 9.17) is 5.26 Å². The van der Waals surface area contributed by atoms with Crippen LogP contribution in [0.3, 0.4) is 0 Å². The van der Waals surface area contributed by atoms with E-state index in [0.717, 1.165) is 13.0 Å². The minimum Gasteiger partial charge on any atom is -0.352 e. The maximum absolute atomic E-state index is 8.43. The van der Waals surface area contributed by atoms with Crippen molar-refractivity contribution in [1.29, 1.82) is 5.26 Å². The maximum atomic E-state index is 8.43. The quantitative estimate of drug-likeness (QED) is 0.168. The van der Waals surface area contributed by atoms with E-state index in [2.05, 4.69) is 29.1 Å². The van der Waals surface area contributed by atoms with Gasteiger partial charge in [0.25, 0.3) is 0 Å². The number of unbranched alkanes of at least 4 members (excludes halogenated alkanes) is 2. The number of aliphatic imine (C=N–C) groups is 1. The molecule has 4 nitrogen and oxygen atoms in total. The second kappa shape index (κ2) is 9.59. The van der Waals surface area contributed by atoms with E-state index in [1.807, 2.05) is 6.19 Å². The number of hydrogen-bond acceptors (Lipinski definition) is 2. The van der Waals surface area contributed by atoms with Gasteiger partial charge in [0.2, 0.25) is 5.96 Å². The van der Waals surface area contributed by atoms with Crippen LogP contribution in [0.15, 0.2) is 17.6 Å². The molecule has 0 saturated carbocycles. The summed E-state index contributed by atoms with van der Waals surface area (Å²) in [6.45, 7) is 7.09. The van der Waals surface area contributed by atoms with Crippen molar-refractivity contribution in [3.05, 3.63) is 12.7 Å². The molecule has 4 heteroatoms. The molecule has 0 amide bonds. The molecule has 0 spiro atoms. The van der Waals surface area contributed by atoms with Gasteiger partial charge in [-0.15, -0.1) is 6.58 Å². The van der Waals surface area contributed by atoms with Crippen molar-refractivity contribution in [2.45, 2.75) is 26.2 Å². The van der Waals surface area contributed by atoms with Crippen molar-refractivity contribution in [2.75, 3.05) is 13.1 Å². The van der Waals surface area contributed by atoms with Crippen LogP contribution in [0.4, 0.5) is 0 Å². The molecule has 0 saturated heterocycles. The fourth-order valence-corrected chi connectivity index (χ4v) is 0.914. The number of nitriles is 1. The van der Waals surface area contributed by atoms with Crippen LogP contribution >= 0.6 is 0 Å². The van der Waals surface area contributed by atoms with Crippen LogP contribution in [0.2, 0.25) is 0 Å². The largest absolute Gasteiger partial charge is 0.352 e. The van der Waals surface area contributed by atoms with Gasteiger partial charge >= 0.3 is 0 Å². The van der Waals surface area contributed by atoms with E-state index >= 15 is 0 Å². The van der Waals surface area contributed by atoms with Gasteiger partial charge in [0.15, 0.2) is 6.19 Å². The number of rotatable bonds is 6. The first-order valence-electron chi connectivity index (χ1n) is 4.89. The molecule has 78 valence electrons. The molecule has 0 aliphatic carbocycles. The average molecular weight is 194 g/mol. The molecule has 0 aromatic rings. The Morgan fingerprint density at radius 2 is 2.36 bits per heavy atom. The molecule has 14 heavy (non-hydrogen) atoms. The number of hydrogen-bond donors (Lipinski definition) is 2. The molecule has 0 fully saturated rings. The topological polar surface area (TPSA) is 60.2 Å². The van der Waals surface area contributed by atoms with Gasteiger partial charge in [-0.05, 0) is 6.42 Å². The van der Waals surface area contributed by atoms with Crippen molar-refractivity contribution in [2.24, 2.45) is 4.99 Å². The van der Waals surface area contributed by atoms with Gasteiger partial charge in [0, 0.05) is 13.1 Å². The molecule has 2 N–H and O–H groups in total. The molecule has 0 aromatic carbocycles. The Morgan fingerprint density at radius 3 is 2.93 bits per heavy atom. The monoisotopic (exact) mass is 194 g/mol. The SMILES string of the molecule is C=CCNC(=NCCCCC)NC#N. The van der Waals surface area contributed by atoms with E-state index in [0.29, 0.717) is 12.5 Å². The Balaban J connectivity index is 3.79. The van der Waals surface area contributed by atoms with Gasteiger partial charge in [0.1, 0.15) is 0 Å². The van der Waals surface area contributed by atoms with E-state index in [9.17, 15) is 0 Å². The highest BCUT2D eigenvalue weighted by Crippen LogP contribution is 1.93. The van der Waals surface area contributed by atoms with Gasteiger partial charge in [-0.3, -0.25) is 10.3 Å². The first-order chi connectivity index (χ1) is 6.85. The molecule has 0 rings (SSSR count). The highest BCUT2D eigenvalue weighted by atomic mass is 15.2. The molecule has 0 aliphatic heterocycles. The van der Waals surface area contributed by atoms with Gasteiger partial charge in [0.05, 0.1) is 0 Å². The summed E-state index contributed by atoms with van der Waals surface area (Å²) >= 11 is 0. The number of nitrogens with zero attached hydrogens (tertiary/aromatic N) is 2. The van der Waals surface area contributed by atoms with Gasteiger partial charge in [-0.1, -0.05) is 25.8 Å². The summed E-state index contributed by atoms with van der Waals surface area (Å²) in [4.78, 5) is 4.21. The van der Waals surface area contributed by atoms with Crippen molar-refractivity contribution in [3.8, 4) is 6.19 Å². The molecule has 0 aliphatic rings. The summed E-state index contributed by atoms with van der Waals surface area (Å²) in [5, 5.41) is 13.9. The Bertz CT molecular complexity index is 215. The smallest absolute Gasteiger partial charge is 0.204 e. The molecule has 0 heterocycles. The van der Waals surface area contributed by atoms with E-state index < -0.39 is 0 Å². The highest BCUT2D eigenvalue weighted by Gasteiger charge is 1.93. The van der Waals surface area contributed by atoms with E-state index in [1.165, 1.54) is 12.8 Å². The van der Waals surface area contributed by atoms with Crippen molar-refractivity contribution in [3.63, 3.8) is 0 Å². The summed E-state index contributed by atoms with van der Waals surface area (Å²) in [5.74, 6) is 0.531. The third kappa shape index (κ3) is 7.17. The maximum Gasteiger partial charge on any atom is 0.204 e. The van der Waals surface area contributed by atoms with Crippen LogP contribution < -0.4 is 10.6 Å². The minimum atomic E-state index is 0.531. The third-order valence-corrected chi connectivity index (χ3v) is 1.62. The minimum absolute atomic E-state index is 0.531. The Labute approximate surface area is 85.7 Å². The van der Waals surface area contributed by atoms with Crippen LogP contribution in [0.25, 0.3) is 0 Å². The summed E-state index contributed by atoms with van der Waals surface area (Å²) in [6, 6.07) is 0. The Morgan fingerprint density at radius 1 is 1.57 bits per heavy atom. The normalized spacial score (nSPS) is 10.4. The predicted octanol–water partition coefficient (Wildman–Crippen LogP) is 1.38. The predicted molar refractivity (Wildman–Crippen MR) is 58.8 cm³/mol. The van der Waals surface area contributed by atoms with Gasteiger partial charge in [-0.2, -0.15) is 5.26 Å². The summed E-state index contributed by atoms with van der Waals surface area (Å²) in [6.07, 6.45) is 6.97. The van der Waals surface area contributed by atoms with Gasteiger partial charge < -0.3 is 5.32 Å². The first kappa shape index (κ1) is 12.5. The fourth-order valence-electron chi connectivity index (χ4n) is 0.914. The lowest BCUT2D eigenvalue weighted by Crippen LogP contribution is -2.34. The first-order valence-corrected chi connectivity index (χ1v) is 4.89. The Kier molecular flexibility index (Phi) is 8.56. The third-order valence-electron chi connectivity index (χ3n) is 1.62.